The van der Waals surface area contributed by atoms with Crippen LogP contribution in [0.2, 0.25) is 0 Å². The molecule has 1 rings (SSSR count). The maximum atomic E-state index is 12.3. The monoisotopic (exact) mass is 336 g/mol. The molecule has 2 N–H and O–H groups in total. The van der Waals surface area contributed by atoms with Crippen molar-refractivity contribution in [2.75, 3.05) is 7.11 Å². The molecule has 1 aromatic carbocycles. The third kappa shape index (κ3) is 5.85. The summed E-state index contributed by atoms with van der Waals surface area (Å²) in [7, 11) is 1.33. The van der Waals surface area contributed by atoms with Gasteiger partial charge in [0.1, 0.15) is 6.04 Å². The van der Waals surface area contributed by atoms with Crippen LogP contribution in [-0.2, 0) is 14.3 Å². The maximum absolute atomic E-state index is 12.3. The Hall–Kier alpha value is -2.08. The highest BCUT2D eigenvalue weighted by atomic mass is 16.6. The van der Waals surface area contributed by atoms with Crippen molar-refractivity contribution in [3.8, 4) is 0 Å². The molecule has 0 aliphatic heterocycles. The minimum atomic E-state index is -0.901. The summed E-state index contributed by atoms with van der Waals surface area (Å²) in [6.45, 7) is 8.98. The molecule has 0 heterocycles. The first-order chi connectivity index (χ1) is 11.2. The van der Waals surface area contributed by atoms with E-state index in [0.29, 0.717) is 0 Å². The van der Waals surface area contributed by atoms with E-state index in [1.165, 1.54) is 7.11 Å². The first-order valence-corrected chi connectivity index (χ1v) is 8.05. The summed E-state index contributed by atoms with van der Waals surface area (Å²) in [6.07, 6.45) is -0.813. The van der Waals surface area contributed by atoms with Crippen LogP contribution in [0.1, 0.15) is 46.2 Å². The average molecular weight is 336 g/mol. The Kier molecular flexibility index (Phi) is 7.22. The van der Waals surface area contributed by atoms with Crippen LogP contribution in [0.5, 0.6) is 0 Å². The highest BCUT2D eigenvalue weighted by molar-refractivity contribution is 5.79. The molecular formula is C18H28N2O4. The van der Waals surface area contributed by atoms with Gasteiger partial charge in [-0.25, -0.2) is 4.79 Å². The minimum Gasteiger partial charge on any atom is -0.468 e. The molecule has 0 radical (unpaired) electrons. The van der Waals surface area contributed by atoms with Crippen LogP contribution in [0.25, 0.3) is 0 Å². The Morgan fingerprint density at radius 3 is 2.17 bits per heavy atom. The number of nitrogens with one attached hydrogen (secondary N) is 2. The minimum absolute atomic E-state index is 0.0995. The SMILES string of the molecule is COC(=O)[C@@H](N[C@@H](C)c1ccccc1)C(C)(C)NC(=O)OC(C)C. The van der Waals surface area contributed by atoms with Gasteiger partial charge in [0.05, 0.1) is 18.8 Å². The van der Waals surface area contributed by atoms with Gasteiger partial charge in [-0.05, 0) is 40.2 Å². The van der Waals surface area contributed by atoms with Crippen molar-refractivity contribution < 1.29 is 19.1 Å². The summed E-state index contributed by atoms with van der Waals surface area (Å²) >= 11 is 0. The zero-order valence-corrected chi connectivity index (χ0v) is 15.3. The number of ether oxygens (including phenoxy) is 2. The van der Waals surface area contributed by atoms with E-state index in [-0.39, 0.29) is 12.1 Å². The molecule has 134 valence electrons. The van der Waals surface area contributed by atoms with Gasteiger partial charge >= 0.3 is 12.1 Å². The second-order valence-corrected chi connectivity index (χ2v) is 6.56. The topological polar surface area (TPSA) is 76.7 Å². The van der Waals surface area contributed by atoms with Crippen LogP contribution in [0, 0.1) is 0 Å². The summed E-state index contributed by atoms with van der Waals surface area (Å²) in [6, 6.07) is 8.91. The smallest absolute Gasteiger partial charge is 0.407 e. The van der Waals surface area contributed by atoms with Crippen LogP contribution in [0.3, 0.4) is 0 Å². The number of carbonyl (C=O) groups excluding carboxylic acids is 2. The second-order valence-electron chi connectivity index (χ2n) is 6.56. The van der Waals surface area contributed by atoms with Crippen LogP contribution >= 0.6 is 0 Å². The number of hydrogen-bond acceptors (Lipinski definition) is 5. The summed E-state index contributed by atoms with van der Waals surface area (Å²) < 4.78 is 10.0. The normalized spacial score (nSPS) is 14.0. The average Bonchev–Trinajstić information content (AvgIpc) is 2.50. The summed E-state index contributed by atoms with van der Waals surface area (Å²) in [5, 5.41) is 5.97. The van der Waals surface area contributed by atoms with E-state index < -0.39 is 23.6 Å². The van der Waals surface area contributed by atoms with Gasteiger partial charge in [0, 0.05) is 6.04 Å². The van der Waals surface area contributed by atoms with Gasteiger partial charge in [0.25, 0.3) is 0 Å². The molecule has 1 amide bonds. The molecule has 6 nitrogen and oxygen atoms in total. The van der Waals surface area contributed by atoms with Crippen molar-refractivity contribution in [2.45, 2.75) is 58.3 Å². The van der Waals surface area contributed by atoms with Gasteiger partial charge in [-0.2, -0.15) is 0 Å². The number of alkyl carbamates (subject to hydrolysis) is 1. The lowest BCUT2D eigenvalue weighted by atomic mass is 9.93. The quantitative estimate of drug-likeness (QED) is 0.749. The first-order valence-electron chi connectivity index (χ1n) is 8.05. The third-order valence-corrected chi connectivity index (χ3v) is 3.64. The van der Waals surface area contributed by atoms with Crippen molar-refractivity contribution >= 4 is 12.1 Å². The molecule has 0 saturated heterocycles. The molecule has 2 atom stereocenters. The molecule has 0 aliphatic rings. The predicted octanol–water partition coefficient (Wildman–Crippen LogP) is 2.79. The van der Waals surface area contributed by atoms with E-state index in [4.69, 9.17) is 9.47 Å². The highest BCUT2D eigenvalue weighted by Crippen LogP contribution is 2.18. The Morgan fingerprint density at radius 2 is 1.67 bits per heavy atom. The number of rotatable bonds is 7. The van der Waals surface area contributed by atoms with Crippen molar-refractivity contribution in [3.63, 3.8) is 0 Å². The first kappa shape index (κ1) is 20.0. The van der Waals surface area contributed by atoms with E-state index in [1.54, 1.807) is 27.7 Å². The lowest BCUT2D eigenvalue weighted by molar-refractivity contribution is -0.145. The Morgan fingerprint density at radius 1 is 1.08 bits per heavy atom. The molecule has 0 unspecified atom stereocenters. The van der Waals surface area contributed by atoms with Gasteiger partial charge in [-0.3, -0.25) is 10.1 Å². The van der Waals surface area contributed by atoms with Gasteiger partial charge in [-0.1, -0.05) is 30.3 Å². The molecule has 0 fully saturated rings. The van der Waals surface area contributed by atoms with E-state index in [2.05, 4.69) is 10.6 Å². The molecule has 0 spiro atoms. The van der Waals surface area contributed by atoms with E-state index in [1.807, 2.05) is 37.3 Å². The van der Waals surface area contributed by atoms with E-state index in [0.717, 1.165) is 5.56 Å². The van der Waals surface area contributed by atoms with Crippen LogP contribution in [-0.4, -0.2) is 36.9 Å². The van der Waals surface area contributed by atoms with Crippen molar-refractivity contribution in [3.05, 3.63) is 35.9 Å². The van der Waals surface area contributed by atoms with Crippen molar-refractivity contribution in [1.82, 2.24) is 10.6 Å². The molecule has 0 aliphatic carbocycles. The molecule has 6 heteroatoms. The lowest BCUT2D eigenvalue weighted by Gasteiger charge is -2.35. The summed E-state index contributed by atoms with van der Waals surface area (Å²) in [4.78, 5) is 24.2. The Labute approximate surface area is 143 Å². The lowest BCUT2D eigenvalue weighted by Crippen LogP contribution is -2.61. The van der Waals surface area contributed by atoms with Crippen LogP contribution < -0.4 is 10.6 Å². The van der Waals surface area contributed by atoms with E-state index >= 15 is 0 Å². The fourth-order valence-corrected chi connectivity index (χ4v) is 2.36. The highest BCUT2D eigenvalue weighted by Gasteiger charge is 2.38. The standard InChI is InChI=1S/C18H28N2O4/c1-12(2)24-17(22)20-18(4,5)15(16(21)23-6)19-13(3)14-10-8-7-9-11-14/h7-13,15,19H,1-6H3,(H,20,22)/t13-,15+/m0/s1. The number of methoxy groups -OCH3 is 1. The fourth-order valence-electron chi connectivity index (χ4n) is 2.36. The number of esters is 1. The summed E-state index contributed by atoms with van der Waals surface area (Å²) in [5.41, 5.74) is 0.134. The Balaban J connectivity index is 2.91. The van der Waals surface area contributed by atoms with Crippen molar-refractivity contribution in [1.29, 1.82) is 0 Å². The van der Waals surface area contributed by atoms with Gasteiger partial charge in [0.2, 0.25) is 0 Å². The molecule has 0 bridgehead atoms. The zero-order valence-electron chi connectivity index (χ0n) is 15.3. The fraction of sp³-hybridized carbons (Fsp3) is 0.556. The molecule has 1 aromatic rings. The molecule has 0 saturated carbocycles. The predicted molar refractivity (Wildman–Crippen MR) is 92.6 cm³/mol. The summed E-state index contributed by atoms with van der Waals surface area (Å²) in [5.74, 6) is -0.451. The van der Waals surface area contributed by atoms with Gasteiger partial charge in [-0.15, -0.1) is 0 Å². The molecule has 24 heavy (non-hydrogen) atoms. The number of amides is 1. The van der Waals surface area contributed by atoms with Crippen molar-refractivity contribution in [2.24, 2.45) is 0 Å². The largest absolute Gasteiger partial charge is 0.468 e. The zero-order chi connectivity index (χ0) is 18.3. The molecular weight excluding hydrogens is 308 g/mol. The van der Waals surface area contributed by atoms with E-state index in [9.17, 15) is 9.59 Å². The number of benzene rings is 1. The van der Waals surface area contributed by atoms with Crippen LogP contribution in [0.15, 0.2) is 30.3 Å². The number of hydrogen-bond donors (Lipinski definition) is 2. The third-order valence-electron chi connectivity index (χ3n) is 3.64. The second kappa shape index (κ2) is 8.68. The van der Waals surface area contributed by atoms with Gasteiger partial charge < -0.3 is 14.8 Å². The maximum Gasteiger partial charge on any atom is 0.407 e. The molecule has 0 aromatic heterocycles. The van der Waals surface area contributed by atoms with Crippen LogP contribution in [0.4, 0.5) is 4.79 Å². The van der Waals surface area contributed by atoms with Gasteiger partial charge in [0.15, 0.2) is 0 Å². The Bertz CT molecular complexity index is 543. The number of carbonyl (C=O) groups is 2.